The van der Waals surface area contributed by atoms with Gasteiger partial charge in [-0.3, -0.25) is 4.79 Å². The minimum absolute atomic E-state index is 0.0943. The second-order valence-corrected chi connectivity index (χ2v) is 8.43. The van der Waals surface area contributed by atoms with Gasteiger partial charge in [0.05, 0.1) is 12.9 Å². The lowest BCUT2D eigenvalue weighted by molar-refractivity contribution is -0.113. The lowest BCUT2D eigenvalue weighted by atomic mass is 10.1. The van der Waals surface area contributed by atoms with E-state index in [4.69, 9.17) is 9.47 Å². The second kappa shape index (κ2) is 10.4. The summed E-state index contributed by atoms with van der Waals surface area (Å²) in [5.74, 6) is 2.16. The fraction of sp³-hybridized carbons (Fsp3) is 0.240. The molecule has 0 aliphatic heterocycles. The van der Waals surface area contributed by atoms with Crippen LogP contribution in [0.5, 0.6) is 11.5 Å². The molecule has 0 aliphatic carbocycles. The molecule has 8 heteroatoms. The molecule has 0 unspecified atom stereocenters. The van der Waals surface area contributed by atoms with E-state index in [1.54, 1.807) is 7.11 Å². The highest BCUT2D eigenvalue weighted by molar-refractivity contribution is 7.99. The van der Waals surface area contributed by atoms with E-state index in [1.807, 2.05) is 79.1 Å². The van der Waals surface area contributed by atoms with Crippen LogP contribution < -0.4 is 14.8 Å². The summed E-state index contributed by atoms with van der Waals surface area (Å²) in [4.78, 5) is 12.5. The van der Waals surface area contributed by atoms with Crippen LogP contribution in [0.15, 0.2) is 65.8 Å². The Balaban J connectivity index is 1.37. The molecule has 4 rings (SSSR count). The van der Waals surface area contributed by atoms with E-state index in [9.17, 15) is 4.79 Å². The number of hydrogen-bond donors (Lipinski definition) is 1. The number of aryl methyl sites for hydroxylation is 1. The molecule has 1 N–H and O–H groups in total. The number of ether oxygens (including phenoxy) is 2. The number of carbonyl (C=O) groups is 1. The van der Waals surface area contributed by atoms with Gasteiger partial charge in [-0.05, 0) is 54.4 Å². The summed E-state index contributed by atoms with van der Waals surface area (Å²) in [7, 11) is 1.62. The average Bonchev–Trinajstić information content (AvgIpc) is 3.23. The predicted molar refractivity (Wildman–Crippen MR) is 131 cm³/mol. The molecule has 0 saturated carbocycles. The molecule has 0 aliphatic rings. The van der Waals surface area contributed by atoms with Crippen molar-refractivity contribution in [3.8, 4) is 11.5 Å². The number of anilines is 1. The third kappa shape index (κ3) is 5.46. The summed E-state index contributed by atoms with van der Waals surface area (Å²) in [5.41, 5.74) is 1.87. The number of rotatable bonds is 9. The monoisotopic (exact) mass is 462 g/mol. The molecule has 1 amide bonds. The van der Waals surface area contributed by atoms with E-state index < -0.39 is 0 Å². The number of carbonyl (C=O) groups excluding carboxylic acids is 1. The molecule has 0 radical (unpaired) electrons. The maximum atomic E-state index is 12.5. The van der Waals surface area contributed by atoms with Crippen LogP contribution in [0.1, 0.15) is 18.3 Å². The van der Waals surface area contributed by atoms with Gasteiger partial charge in [-0.1, -0.05) is 48.2 Å². The van der Waals surface area contributed by atoms with E-state index in [0.29, 0.717) is 29.0 Å². The summed E-state index contributed by atoms with van der Waals surface area (Å²) >= 11 is 1.35. The van der Waals surface area contributed by atoms with Gasteiger partial charge >= 0.3 is 0 Å². The van der Waals surface area contributed by atoms with Crippen molar-refractivity contribution in [1.82, 2.24) is 14.8 Å². The van der Waals surface area contributed by atoms with Crippen molar-refractivity contribution in [1.29, 1.82) is 0 Å². The lowest BCUT2D eigenvalue weighted by Crippen LogP contribution is -2.15. The summed E-state index contributed by atoms with van der Waals surface area (Å²) < 4.78 is 13.3. The van der Waals surface area contributed by atoms with Crippen molar-refractivity contribution < 1.29 is 14.3 Å². The number of thioether (sulfide) groups is 1. The van der Waals surface area contributed by atoms with Crippen LogP contribution in [0.2, 0.25) is 0 Å². The number of nitrogens with one attached hydrogen (secondary N) is 1. The SMILES string of the molecule is CCn1c(COc2ccc(C)cc2OC)nnc1SCC(=O)Nc1ccc2ccccc2c1. The summed E-state index contributed by atoms with van der Waals surface area (Å²) in [6.07, 6.45) is 0. The number of methoxy groups -OCH3 is 1. The molecule has 4 aromatic rings. The van der Waals surface area contributed by atoms with E-state index in [2.05, 4.69) is 15.5 Å². The number of benzene rings is 3. The highest BCUT2D eigenvalue weighted by Crippen LogP contribution is 2.29. The van der Waals surface area contributed by atoms with Gasteiger partial charge in [0.25, 0.3) is 0 Å². The maximum absolute atomic E-state index is 12.5. The first-order valence-electron chi connectivity index (χ1n) is 10.7. The van der Waals surface area contributed by atoms with Gasteiger partial charge < -0.3 is 19.4 Å². The Morgan fingerprint density at radius 1 is 1.03 bits per heavy atom. The van der Waals surface area contributed by atoms with Crippen molar-refractivity contribution in [2.24, 2.45) is 0 Å². The van der Waals surface area contributed by atoms with Crippen LogP contribution in [0, 0.1) is 6.92 Å². The second-order valence-electron chi connectivity index (χ2n) is 7.48. The normalized spacial score (nSPS) is 10.9. The van der Waals surface area contributed by atoms with Gasteiger partial charge in [0.2, 0.25) is 5.91 Å². The molecule has 3 aromatic carbocycles. The molecule has 0 spiro atoms. The van der Waals surface area contributed by atoms with Gasteiger partial charge in [0, 0.05) is 12.2 Å². The van der Waals surface area contributed by atoms with Gasteiger partial charge in [-0.25, -0.2) is 0 Å². The molecule has 0 bridgehead atoms. The zero-order valence-corrected chi connectivity index (χ0v) is 19.7. The lowest BCUT2D eigenvalue weighted by Gasteiger charge is -2.12. The Kier molecular flexibility index (Phi) is 7.14. The number of fused-ring (bicyclic) bond motifs is 1. The van der Waals surface area contributed by atoms with E-state index in [-0.39, 0.29) is 18.3 Å². The van der Waals surface area contributed by atoms with Crippen molar-refractivity contribution in [3.05, 3.63) is 72.1 Å². The van der Waals surface area contributed by atoms with Crippen LogP contribution in [-0.2, 0) is 17.9 Å². The Morgan fingerprint density at radius 2 is 1.85 bits per heavy atom. The highest BCUT2D eigenvalue weighted by atomic mass is 32.2. The van der Waals surface area contributed by atoms with Crippen molar-refractivity contribution >= 4 is 34.1 Å². The largest absolute Gasteiger partial charge is 0.493 e. The van der Waals surface area contributed by atoms with Gasteiger partial charge in [0.15, 0.2) is 22.5 Å². The number of amides is 1. The Morgan fingerprint density at radius 3 is 2.64 bits per heavy atom. The van der Waals surface area contributed by atoms with Crippen molar-refractivity contribution in [2.75, 3.05) is 18.2 Å². The first-order valence-corrected chi connectivity index (χ1v) is 11.7. The van der Waals surface area contributed by atoms with Crippen LogP contribution in [-0.4, -0.2) is 33.5 Å². The molecule has 33 heavy (non-hydrogen) atoms. The standard InChI is InChI=1S/C25H26N4O3S/c1-4-29-23(15-32-21-12-9-17(2)13-22(21)31-3)27-28-25(29)33-16-24(30)26-20-11-10-18-7-5-6-8-19(18)14-20/h5-14H,4,15-16H2,1-3H3,(H,26,30). The first-order chi connectivity index (χ1) is 16.1. The molecule has 170 valence electrons. The number of hydrogen-bond acceptors (Lipinski definition) is 6. The molecular formula is C25H26N4O3S. The highest BCUT2D eigenvalue weighted by Gasteiger charge is 2.15. The molecule has 7 nitrogen and oxygen atoms in total. The van der Waals surface area contributed by atoms with Gasteiger partial charge in [-0.15, -0.1) is 10.2 Å². The zero-order chi connectivity index (χ0) is 23.2. The van der Waals surface area contributed by atoms with Crippen LogP contribution in [0.3, 0.4) is 0 Å². The Bertz CT molecular complexity index is 1270. The summed E-state index contributed by atoms with van der Waals surface area (Å²) in [6, 6.07) is 19.7. The molecule has 0 fully saturated rings. The van der Waals surface area contributed by atoms with E-state index in [1.165, 1.54) is 11.8 Å². The predicted octanol–water partition coefficient (Wildman–Crippen LogP) is 5.08. The van der Waals surface area contributed by atoms with Crippen molar-refractivity contribution in [3.63, 3.8) is 0 Å². The quantitative estimate of drug-likeness (QED) is 0.350. The molecule has 1 aromatic heterocycles. The summed E-state index contributed by atoms with van der Waals surface area (Å²) in [6.45, 7) is 4.94. The maximum Gasteiger partial charge on any atom is 0.234 e. The first kappa shape index (κ1) is 22.7. The van der Waals surface area contributed by atoms with E-state index in [0.717, 1.165) is 22.0 Å². The van der Waals surface area contributed by atoms with Crippen LogP contribution in [0.4, 0.5) is 5.69 Å². The number of nitrogens with zero attached hydrogens (tertiary/aromatic N) is 3. The average molecular weight is 463 g/mol. The smallest absolute Gasteiger partial charge is 0.234 e. The van der Waals surface area contributed by atoms with Gasteiger partial charge in [0.1, 0.15) is 6.61 Å². The number of aromatic nitrogens is 3. The minimum Gasteiger partial charge on any atom is -0.493 e. The Labute approximate surface area is 197 Å². The molecule has 0 saturated heterocycles. The topological polar surface area (TPSA) is 78.3 Å². The fourth-order valence-electron chi connectivity index (χ4n) is 3.48. The van der Waals surface area contributed by atoms with Crippen LogP contribution >= 0.6 is 11.8 Å². The third-order valence-electron chi connectivity index (χ3n) is 5.15. The fourth-order valence-corrected chi connectivity index (χ4v) is 4.30. The van der Waals surface area contributed by atoms with Crippen molar-refractivity contribution in [2.45, 2.75) is 32.2 Å². The summed E-state index contributed by atoms with van der Waals surface area (Å²) in [5, 5.41) is 14.4. The van der Waals surface area contributed by atoms with Gasteiger partial charge in [-0.2, -0.15) is 0 Å². The molecule has 1 heterocycles. The van der Waals surface area contributed by atoms with E-state index >= 15 is 0 Å². The molecule has 0 atom stereocenters. The zero-order valence-electron chi connectivity index (χ0n) is 18.9. The molecular weight excluding hydrogens is 436 g/mol. The van der Waals surface area contributed by atoms with Crippen LogP contribution in [0.25, 0.3) is 10.8 Å². The third-order valence-corrected chi connectivity index (χ3v) is 6.12. The minimum atomic E-state index is -0.0943. The Hall–Kier alpha value is -3.52.